The van der Waals surface area contributed by atoms with Gasteiger partial charge in [-0.3, -0.25) is 9.69 Å². The number of likely N-dealkylation sites (tertiary alicyclic amines) is 1. The largest absolute Gasteiger partial charge is 0.460 e. The lowest BCUT2D eigenvalue weighted by atomic mass is 10.1. The number of hydrogen-bond donors (Lipinski definition) is 1. The second kappa shape index (κ2) is 12.0. The van der Waals surface area contributed by atoms with Crippen LogP contribution >= 0.6 is 11.3 Å². The third-order valence-electron chi connectivity index (χ3n) is 5.96. The molecule has 0 atom stereocenters. The van der Waals surface area contributed by atoms with Gasteiger partial charge in [-0.25, -0.2) is 4.98 Å². The molecule has 0 radical (unpaired) electrons. The number of ether oxygens (including phenoxy) is 1. The first kappa shape index (κ1) is 25.6. The summed E-state index contributed by atoms with van der Waals surface area (Å²) in [5, 5.41) is 12.9. The Hall–Kier alpha value is -3.45. The summed E-state index contributed by atoms with van der Waals surface area (Å²) < 4.78 is 6.20. The van der Waals surface area contributed by atoms with Crippen LogP contribution in [-0.2, 0) is 4.79 Å². The van der Waals surface area contributed by atoms with Gasteiger partial charge in [0.05, 0.1) is 12.7 Å². The standard InChI is InChI=1S/C24H31N9O2S/c1-30(2)8-4-5-22(34)33-9-6-18(7-10-33)35-23-27-20(28-24-26-17-19(16-25)36-24)15-21(29-23)32-13-11-31(3)12-14-32/h15,17-18H,6-14H2,1-3H3,(H,26,27,28,29). The Morgan fingerprint density at radius 1 is 1.22 bits per heavy atom. The molecule has 0 spiro atoms. The maximum absolute atomic E-state index is 12.4. The molecule has 2 aromatic rings. The number of nitriles is 1. The van der Waals surface area contributed by atoms with Crippen LogP contribution < -0.4 is 15.0 Å². The predicted molar refractivity (Wildman–Crippen MR) is 138 cm³/mol. The number of nitrogens with zero attached hydrogens (tertiary/aromatic N) is 8. The molecular weight excluding hydrogens is 478 g/mol. The first-order valence-electron chi connectivity index (χ1n) is 11.9. The summed E-state index contributed by atoms with van der Waals surface area (Å²) in [6, 6.07) is 4.28. The number of thiazole rings is 1. The molecule has 2 saturated heterocycles. The number of anilines is 3. The minimum atomic E-state index is -0.143. The molecule has 11 nitrogen and oxygen atoms in total. The number of likely N-dealkylation sites (N-methyl/N-ethyl adjacent to an activating group) is 1. The molecule has 2 aliphatic heterocycles. The van der Waals surface area contributed by atoms with E-state index in [1.54, 1.807) is 4.90 Å². The molecule has 2 aliphatic rings. The van der Waals surface area contributed by atoms with Crippen LogP contribution in [0.15, 0.2) is 12.3 Å². The molecule has 190 valence electrons. The zero-order valence-corrected chi connectivity index (χ0v) is 21.7. The van der Waals surface area contributed by atoms with Gasteiger partial charge in [0, 0.05) is 58.2 Å². The molecule has 0 saturated carbocycles. The Morgan fingerprint density at radius 3 is 2.64 bits per heavy atom. The molecule has 4 heterocycles. The van der Waals surface area contributed by atoms with Crippen LogP contribution in [0.3, 0.4) is 0 Å². The van der Waals surface area contributed by atoms with Crippen molar-refractivity contribution in [1.29, 1.82) is 5.26 Å². The molecule has 2 aromatic heterocycles. The van der Waals surface area contributed by atoms with Gasteiger partial charge in [-0.2, -0.15) is 15.2 Å². The normalized spacial score (nSPS) is 16.9. The third-order valence-corrected chi connectivity index (χ3v) is 6.78. The minimum Gasteiger partial charge on any atom is -0.460 e. The van der Waals surface area contributed by atoms with Crippen molar-refractivity contribution in [2.24, 2.45) is 0 Å². The molecule has 4 rings (SSSR count). The molecule has 0 unspecified atom stereocenters. The quantitative estimate of drug-likeness (QED) is 0.571. The highest BCUT2D eigenvalue weighted by molar-refractivity contribution is 7.16. The van der Waals surface area contributed by atoms with Crippen molar-refractivity contribution in [3.63, 3.8) is 0 Å². The second-order valence-electron chi connectivity index (χ2n) is 9.10. The van der Waals surface area contributed by atoms with Crippen LogP contribution in [0, 0.1) is 23.2 Å². The van der Waals surface area contributed by atoms with E-state index in [9.17, 15) is 4.79 Å². The maximum Gasteiger partial charge on any atom is 0.320 e. The lowest BCUT2D eigenvalue weighted by molar-refractivity contribution is -0.126. The number of amides is 1. The first-order valence-corrected chi connectivity index (χ1v) is 12.8. The van der Waals surface area contributed by atoms with Crippen molar-refractivity contribution >= 4 is 34.0 Å². The SMILES string of the molecule is CN(C)CC#CC(=O)N1CCC(Oc2nc(Nc3ncc(C#N)s3)cc(N3CCN(C)CC3)n2)CC1. The Bertz CT molecular complexity index is 1150. The smallest absolute Gasteiger partial charge is 0.320 e. The molecule has 1 N–H and O–H groups in total. The molecule has 36 heavy (non-hydrogen) atoms. The van der Waals surface area contributed by atoms with Crippen LogP contribution in [0.4, 0.5) is 16.8 Å². The number of hydrogen-bond acceptors (Lipinski definition) is 11. The van der Waals surface area contributed by atoms with Crippen LogP contribution in [0.25, 0.3) is 0 Å². The average molecular weight is 510 g/mol. The molecular formula is C24H31N9O2S. The lowest BCUT2D eigenvalue weighted by Gasteiger charge is -2.33. The number of piperazine rings is 1. The zero-order chi connectivity index (χ0) is 25.5. The van der Waals surface area contributed by atoms with Gasteiger partial charge in [0.2, 0.25) is 0 Å². The highest BCUT2D eigenvalue weighted by atomic mass is 32.1. The van der Waals surface area contributed by atoms with Crippen LogP contribution in [0.5, 0.6) is 6.01 Å². The maximum atomic E-state index is 12.4. The minimum absolute atomic E-state index is 0.0931. The molecule has 2 fully saturated rings. The number of nitrogens with one attached hydrogen (secondary N) is 1. The summed E-state index contributed by atoms with van der Waals surface area (Å²) in [5.74, 6) is 6.83. The summed E-state index contributed by atoms with van der Waals surface area (Å²) >= 11 is 1.26. The number of carbonyl (C=O) groups is 1. The lowest BCUT2D eigenvalue weighted by Crippen LogP contribution is -2.45. The van der Waals surface area contributed by atoms with Crippen LogP contribution in [-0.4, -0.2) is 109 Å². The van der Waals surface area contributed by atoms with Gasteiger partial charge in [0.1, 0.15) is 28.7 Å². The van der Waals surface area contributed by atoms with Gasteiger partial charge >= 0.3 is 6.01 Å². The van der Waals surface area contributed by atoms with Crippen molar-refractivity contribution in [2.75, 3.05) is 77.2 Å². The summed E-state index contributed by atoms with van der Waals surface area (Å²) in [6.45, 7) is 5.34. The van der Waals surface area contributed by atoms with E-state index < -0.39 is 0 Å². The summed E-state index contributed by atoms with van der Waals surface area (Å²) in [5.41, 5.74) is 0. The van der Waals surface area contributed by atoms with E-state index in [2.05, 4.69) is 50.0 Å². The monoisotopic (exact) mass is 509 g/mol. The summed E-state index contributed by atoms with van der Waals surface area (Å²) in [4.78, 5) is 34.6. The number of aromatic nitrogens is 3. The predicted octanol–water partition coefficient (Wildman–Crippen LogP) is 1.23. The Balaban J connectivity index is 1.43. The Labute approximate surface area is 215 Å². The molecule has 0 aromatic carbocycles. The Kier molecular flexibility index (Phi) is 8.54. The highest BCUT2D eigenvalue weighted by Gasteiger charge is 2.25. The summed E-state index contributed by atoms with van der Waals surface area (Å²) in [6.07, 6.45) is 2.81. The van der Waals surface area contributed by atoms with Gasteiger partial charge in [-0.15, -0.1) is 0 Å². The average Bonchev–Trinajstić information content (AvgIpc) is 3.32. The second-order valence-corrected chi connectivity index (χ2v) is 10.1. The van der Waals surface area contributed by atoms with Crippen molar-refractivity contribution in [2.45, 2.75) is 18.9 Å². The topological polar surface area (TPSA) is 114 Å². The highest BCUT2D eigenvalue weighted by Crippen LogP contribution is 2.27. The molecule has 0 bridgehead atoms. The van der Waals surface area contributed by atoms with Crippen molar-refractivity contribution < 1.29 is 9.53 Å². The fraction of sp³-hybridized carbons (Fsp3) is 0.542. The van der Waals surface area contributed by atoms with Crippen LogP contribution in [0.2, 0.25) is 0 Å². The fourth-order valence-corrected chi connectivity index (χ4v) is 4.52. The van der Waals surface area contributed by atoms with Gasteiger partial charge in [-0.1, -0.05) is 17.3 Å². The summed E-state index contributed by atoms with van der Waals surface area (Å²) in [7, 11) is 5.95. The van der Waals surface area contributed by atoms with E-state index in [0.717, 1.165) is 32.0 Å². The van der Waals surface area contributed by atoms with E-state index in [1.165, 1.54) is 17.5 Å². The Morgan fingerprint density at radius 2 is 1.97 bits per heavy atom. The van der Waals surface area contributed by atoms with Gasteiger partial charge in [0.15, 0.2) is 5.13 Å². The molecule has 0 aliphatic carbocycles. The van der Waals surface area contributed by atoms with E-state index in [0.29, 0.717) is 54.3 Å². The van der Waals surface area contributed by atoms with Crippen molar-refractivity contribution in [3.8, 4) is 23.9 Å². The number of rotatable bonds is 6. The van der Waals surface area contributed by atoms with E-state index in [4.69, 9.17) is 15.0 Å². The molecule has 12 heteroatoms. The fourth-order valence-electron chi connectivity index (χ4n) is 3.90. The number of piperidine rings is 1. The molecule has 1 amide bonds. The van der Waals surface area contributed by atoms with Gasteiger partial charge < -0.3 is 24.8 Å². The number of carbonyl (C=O) groups excluding carboxylic acids is 1. The van der Waals surface area contributed by atoms with Crippen LogP contribution in [0.1, 0.15) is 17.7 Å². The van der Waals surface area contributed by atoms with E-state index in [1.807, 2.05) is 25.1 Å². The third kappa shape index (κ3) is 7.04. The first-order chi connectivity index (χ1) is 17.4. The van der Waals surface area contributed by atoms with Crippen molar-refractivity contribution in [1.82, 2.24) is 29.7 Å². The van der Waals surface area contributed by atoms with Gasteiger partial charge in [-0.05, 0) is 27.1 Å². The van der Waals surface area contributed by atoms with Crippen molar-refractivity contribution in [3.05, 3.63) is 17.1 Å². The van der Waals surface area contributed by atoms with E-state index in [-0.39, 0.29) is 12.0 Å². The van der Waals surface area contributed by atoms with Gasteiger partial charge in [0.25, 0.3) is 5.91 Å². The zero-order valence-electron chi connectivity index (χ0n) is 20.9. The van der Waals surface area contributed by atoms with E-state index >= 15 is 0 Å².